The van der Waals surface area contributed by atoms with Crippen molar-refractivity contribution in [3.05, 3.63) is 21.9 Å². The molecule has 1 saturated carbocycles. The van der Waals surface area contributed by atoms with Gasteiger partial charge in [-0.05, 0) is 49.5 Å². The largest absolute Gasteiger partial charge is 0.335 e. The Hall–Kier alpha value is -2.42. The van der Waals surface area contributed by atoms with Crippen molar-refractivity contribution >= 4 is 35.2 Å². The molecular weight excluding hydrogens is 392 g/mol. The van der Waals surface area contributed by atoms with E-state index in [1.54, 1.807) is 11.3 Å². The number of nitrogens with one attached hydrogen (secondary N) is 3. The molecule has 6 amide bonds. The first-order valence-electron chi connectivity index (χ1n) is 10.2. The second-order valence-corrected chi connectivity index (χ2v) is 9.23. The molecule has 2 aliphatic carbocycles. The average Bonchev–Trinajstić information content (AvgIpc) is 3.24. The standard InChI is InChI=1S/C20H26N4O4S/c1-12-5-2-3-6-14(12)21-18(27)22-16(25)11-24-17(26)20(23-19(24)28)9-4-7-15-13(20)8-10-29-15/h8,10,12,14H,2-7,9,11H2,1H3,(H,23,28)(H2,21,22,25,27)/t12-,14-,20-/m0/s1. The predicted octanol–water partition coefficient (Wildman–Crippen LogP) is 2.24. The summed E-state index contributed by atoms with van der Waals surface area (Å²) in [6.07, 6.45) is 6.34. The monoisotopic (exact) mass is 418 g/mol. The first-order chi connectivity index (χ1) is 13.9. The molecule has 1 aromatic rings. The molecule has 156 valence electrons. The SMILES string of the molecule is C[C@H]1CCCC[C@@H]1NC(=O)NC(=O)CN1C(=O)N[C@]2(CCCc3sccc32)C1=O. The Morgan fingerprint density at radius 1 is 1.28 bits per heavy atom. The molecule has 1 aliphatic heterocycles. The van der Waals surface area contributed by atoms with Gasteiger partial charge in [0.2, 0.25) is 5.91 Å². The molecule has 2 heterocycles. The molecule has 3 N–H and O–H groups in total. The Morgan fingerprint density at radius 3 is 2.86 bits per heavy atom. The summed E-state index contributed by atoms with van der Waals surface area (Å²) in [4.78, 5) is 52.1. The van der Waals surface area contributed by atoms with E-state index >= 15 is 0 Å². The van der Waals surface area contributed by atoms with E-state index in [0.29, 0.717) is 12.3 Å². The molecule has 1 saturated heterocycles. The normalized spacial score (nSPS) is 28.8. The van der Waals surface area contributed by atoms with E-state index in [9.17, 15) is 19.2 Å². The maximum absolute atomic E-state index is 13.1. The van der Waals surface area contributed by atoms with Crippen molar-refractivity contribution in [3.63, 3.8) is 0 Å². The number of carbonyl (C=O) groups excluding carboxylic acids is 4. The lowest BCUT2D eigenvalue weighted by molar-refractivity contribution is -0.135. The molecule has 1 aromatic heterocycles. The lowest BCUT2D eigenvalue weighted by atomic mass is 9.80. The highest BCUT2D eigenvalue weighted by molar-refractivity contribution is 7.10. The van der Waals surface area contributed by atoms with Gasteiger partial charge in [0.25, 0.3) is 5.91 Å². The third-order valence-electron chi connectivity index (χ3n) is 6.32. The van der Waals surface area contributed by atoms with Crippen LogP contribution in [0.5, 0.6) is 0 Å². The quantitative estimate of drug-likeness (QED) is 0.654. The Kier molecular flexibility index (Phi) is 5.33. The minimum atomic E-state index is -1.08. The van der Waals surface area contributed by atoms with Crippen LogP contribution in [0, 0.1) is 5.92 Å². The Labute approximate surface area is 173 Å². The van der Waals surface area contributed by atoms with Crippen molar-refractivity contribution in [3.8, 4) is 0 Å². The van der Waals surface area contributed by atoms with Crippen LogP contribution >= 0.6 is 11.3 Å². The van der Waals surface area contributed by atoms with Gasteiger partial charge in [-0.25, -0.2) is 9.59 Å². The molecule has 2 fully saturated rings. The number of hydrogen-bond acceptors (Lipinski definition) is 5. The summed E-state index contributed by atoms with van der Waals surface area (Å²) in [7, 11) is 0. The molecule has 1 spiro atoms. The van der Waals surface area contributed by atoms with Crippen molar-refractivity contribution in [2.75, 3.05) is 6.54 Å². The van der Waals surface area contributed by atoms with Crippen molar-refractivity contribution in [2.45, 2.75) is 63.5 Å². The molecule has 0 aromatic carbocycles. The highest BCUT2D eigenvalue weighted by atomic mass is 32.1. The van der Waals surface area contributed by atoms with Gasteiger partial charge in [0, 0.05) is 16.5 Å². The third-order valence-corrected chi connectivity index (χ3v) is 7.30. The molecule has 4 rings (SSSR count). The van der Waals surface area contributed by atoms with Gasteiger partial charge in [-0.2, -0.15) is 0 Å². The number of urea groups is 2. The first-order valence-corrected chi connectivity index (χ1v) is 11.1. The van der Waals surface area contributed by atoms with Crippen LogP contribution in [0.1, 0.15) is 55.9 Å². The van der Waals surface area contributed by atoms with Crippen LogP contribution in [-0.4, -0.2) is 41.4 Å². The Balaban J connectivity index is 1.38. The number of rotatable bonds is 3. The second-order valence-electron chi connectivity index (χ2n) is 8.23. The van der Waals surface area contributed by atoms with E-state index in [4.69, 9.17) is 0 Å². The van der Waals surface area contributed by atoms with E-state index in [0.717, 1.165) is 53.9 Å². The molecule has 0 bridgehead atoms. The minimum absolute atomic E-state index is 0.0378. The van der Waals surface area contributed by atoms with Gasteiger partial charge < -0.3 is 10.6 Å². The van der Waals surface area contributed by atoms with E-state index in [1.165, 1.54) is 0 Å². The summed E-state index contributed by atoms with van der Waals surface area (Å²) in [5.74, 6) is -0.729. The highest BCUT2D eigenvalue weighted by Gasteiger charge is 2.54. The minimum Gasteiger partial charge on any atom is -0.335 e. The van der Waals surface area contributed by atoms with Crippen molar-refractivity contribution < 1.29 is 19.2 Å². The lowest BCUT2D eigenvalue weighted by Gasteiger charge is -2.31. The molecule has 8 nitrogen and oxygen atoms in total. The highest BCUT2D eigenvalue weighted by Crippen LogP contribution is 2.42. The predicted molar refractivity (Wildman–Crippen MR) is 107 cm³/mol. The fourth-order valence-corrected chi connectivity index (χ4v) is 5.73. The molecule has 29 heavy (non-hydrogen) atoms. The summed E-state index contributed by atoms with van der Waals surface area (Å²) in [6.45, 7) is 1.61. The van der Waals surface area contributed by atoms with Crippen molar-refractivity contribution in [2.24, 2.45) is 5.92 Å². The number of amides is 6. The van der Waals surface area contributed by atoms with Gasteiger partial charge in [0.05, 0.1) is 0 Å². The van der Waals surface area contributed by atoms with Crippen LogP contribution in [0.15, 0.2) is 11.4 Å². The molecule has 3 atom stereocenters. The van der Waals surface area contributed by atoms with E-state index in [-0.39, 0.29) is 6.04 Å². The summed E-state index contributed by atoms with van der Waals surface area (Å²) in [6, 6.07) is 0.745. The lowest BCUT2D eigenvalue weighted by Crippen LogP contribution is -2.51. The van der Waals surface area contributed by atoms with Gasteiger partial charge in [0.1, 0.15) is 12.1 Å². The summed E-state index contributed by atoms with van der Waals surface area (Å²) in [5.41, 5.74) is -0.246. The van der Waals surface area contributed by atoms with E-state index in [1.807, 2.05) is 11.4 Å². The van der Waals surface area contributed by atoms with Gasteiger partial charge >= 0.3 is 12.1 Å². The fourth-order valence-electron chi connectivity index (χ4n) is 4.73. The van der Waals surface area contributed by atoms with Gasteiger partial charge in [-0.1, -0.05) is 19.8 Å². The molecule has 3 aliphatic rings. The summed E-state index contributed by atoms with van der Waals surface area (Å²) < 4.78 is 0. The third kappa shape index (κ3) is 3.63. The zero-order chi connectivity index (χ0) is 20.6. The second kappa shape index (κ2) is 7.78. The number of imide groups is 2. The first kappa shape index (κ1) is 19.9. The van der Waals surface area contributed by atoms with Crippen LogP contribution in [0.3, 0.4) is 0 Å². The van der Waals surface area contributed by atoms with Crippen LogP contribution in [0.4, 0.5) is 9.59 Å². The molecule has 0 radical (unpaired) electrons. The van der Waals surface area contributed by atoms with E-state index < -0.39 is 36.0 Å². The topological polar surface area (TPSA) is 108 Å². The number of fused-ring (bicyclic) bond motifs is 2. The van der Waals surface area contributed by atoms with Crippen molar-refractivity contribution in [1.82, 2.24) is 20.9 Å². The molecular formula is C20H26N4O4S. The smallest absolute Gasteiger partial charge is 0.325 e. The fraction of sp³-hybridized carbons (Fsp3) is 0.600. The Bertz CT molecular complexity index is 853. The van der Waals surface area contributed by atoms with E-state index in [2.05, 4.69) is 22.9 Å². The summed E-state index contributed by atoms with van der Waals surface area (Å²) >= 11 is 1.58. The van der Waals surface area contributed by atoms with Crippen molar-refractivity contribution in [1.29, 1.82) is 0 Å². The number of aryl methyl sites for hydroxylation is 1. The van der Waals surface area contributed by atoms with Gasteiger partial charge in [-0.3, -0.25) is 19.8 Å². The Morgan fingerprint density at radius 2 is 2.07 bits per heavy atom. The van der Waals surface area contributed by atoms with Gasteiger partial charge in [0.15, 0.2) is 0 Å². The number of nitrogens with zero attached hydrogens (tertiary/aromatic N) is 1. The van der Waals surface area contributed by atoms with Crippen LogP contribution in [-0.2, 0) is 21.5 Å². The maximum atomic E-state index is 13.1. The number of carbonyl (C=O) groups is 4. The van der Waals surface area contributed by atoms with Crippen LogP contribution < -0.4 is 16.0 Å². The van der Waals surface area contributed by atoms with Gasteiger partial charge in [-0.15, -0.1) is 11.3 Å². The zero-order valence-electron chi connectivity index (χ0n) is 16.5. The average molecular weight is 419 g/mol. The van der Waals surface area contributed by atoms with Crippen LogP contribution in [0.25, 0.3) is 0 Å². The maximum Gasteiger partial charge on any atom is 0.325 e. The molecule has 9 heteroatoms. The number of thiophene rings is 1. The van der Waals surface area contributed by atoms with Crippen LogP contribution in [0.2, 0.25) is 0 Å². The number of hydrogen-bond donors (Lipinski definition) is 3. The summed E-state index contributed by atoms with van der Waals surface area (Å²) in [5, 5.41) is 9.83. The molecule has 0 unspecified atom stereocenters. The zero-order valence-corrected chi connectivity index (χ0v) is 17.3.